The Morgan fingerprint density at radius 2 is 2.25 bits per heavy atom. The molecule has 1 saturated heterocycles. The van der Waals surface area contributed by atoms with Gasteiger partial charge in [-0.15, -0.1) is 0 Å². The van der Waals surface area contributed by atoms with Crippen LogP contribution >= 0.6 is 0 Å². The van der Waals surface area contributed by atoms with E-state index in [9.17, 15) is 9.90 Å². The molecule has 3 aliphatic rings. The number of benzene rings is 1. The third-order valence-corrected chi connectivity index (χ3v) is 6.49. The van der Waals surface area contributed by atoms with Crippen molar-refractivity contribution < 1.29 is 20.4 Å². The summed E-state index contributed by atoms with van der Waals surface area (Å²) in [6.07, 6.45) is 4.50. The van der Waals surface area contributed by atoms with Crippen LogP contribution in [0.15, 0.2) is 12.1 Å². The van der Waals surface area contributed by atoms with Gasteiger partial charge in [-0.25, -0.2) is 4.79 Å². The molecule has 5 nitrogen and oxygen atoms in total. The zero-order chi connectivity index (χ0) is 16.9. The first-order valence-electron chi connectivity index (χ1n) is 9.03. The van der Waals surface area contributed by atoms with Crippen LogP contribution in [0.25, 0.3) is 0 Å². The van der Waals surface area contributed by atoms with Gasteiger partial charge in [-0.3, -0.25) is 4.90 Å². The molecule has 1 aromatic rings. The van der Waals surface area contributed by atoms with E-state index in [1.165, 1.54) is 25.7 Å². The number of likely N-dealkylation sites (tertiary alicyclic amines) is 1. The Hall–Kier alpha value is -1.43. The van der Waals surface area contributed by atoms with Crippen molar-refractivity contribution in [1.29, 1.82) is 0 Å². The van der Waals surface area contributed by atoms with E-state index >= 15 is 0 Å². The van der Waals surface area contributed by atoms with Gasteiger partial charge in [-0.2, -0.15) is 0 Å². The summed E-state index contributed by atoms with van der Waals surface area (Å²) in [5.74, 6) is 0.420. The Bertz CT molecular complexity index is 669. The number of carbonyl (C=O) groups excluding carboxylic acids is 1. The molecule has 2 aliphatic heterocycles. The molecule has 1 unspecified atom stereocenters. The molecule has 130 valence electrons. The van der Waals surface area contributed by atoms with Gasteiger partial charge in [0.1, 0.15) is 6.61 Å². The minimum Gasteiger partial charge on any atom is -0.457 e. The second kappa shape index (κ2) is 5.83. The van der Waals surface area contributed by atoms with Crippen LogP contribution in [0.2, 0.25) is 0 Å². The molecule has 2 heterocycles. The highest BCUT2D eigenvalue weighted by Gasteiger charge is 2.47. The Labute approximate surface area is 142 Å². The number of β-amino-alcohol motifs (C(OH)–C–C–N with tert-alkyl or cyclic N) is 1. The Morgan fingerprint density at radius 3 is 2.96 bits per heavy atom. The average Bonchev–Trinajstić information content (AvgIpc) is 3.13. The van der Waals surface area contributed by atoms with Crippen LogP contribution in [0, 0.1) is 12.8 Å². The summed E-state index contributed by atoms with van der Waals surface area (Å²) in [5, 5.41) is 10.7. The van der Waals surface area contributed by atoms with Crippen molar-refractivity contribution in [3.05, 3.63) is 34.4 Å². The summed E-state index contributed by atoms with van der Waals surface area (Å²) in [7, 11) is 0. The van der Waals surface area contributed by atoms with Crippen molar-refractivity contribution in [3.63, 3.8) is 0 Å². The molecule has 1 aliphatic carbocycles. The zero-order valence-electron chi connectivity index (χ0n) is 14.4. The normalized spacial score (nSPS) is 26.8. The first kappa shape index (κ1) is 16.1. The van der Waals surface area contributed by atoms with Crippen LogP contribution in [-0.4, -0.2) is 41.1 Å². The fourth-order valence-electron chi connectivity index (χ4n) is 4.61. The smallest absolute Gasteiger partial charge is 0.338 e. The highest BCUT2D eigenvalue weighted by molar-refractivity contribution is 5.93. The fourth-order valence-corrected chi connectivity index (χ4v) is 4.61. The summed E-state index contributed by atoms with van der Waals surface area (Å²) >= 11 is 0. The summed E-state index contributed by atoms with van der Waals surface area (Å²) in [6, 6.07) is 3.68. The lowest BCUT2D eigenvalue weighted by atomic mass is 9.68. The molecule has 0 radical (unpaired) electrons. The lowest BCUT2D eigenvalue weighted by Gasteiger charge is -2.39. The maximum Gasteiger partial charge on any atom is 0.338 e. The quantitative estimate of drug-likeness (QED) is 0.813. The molecule has 0 bridgehead atoms. The third kappa shape index (κ3) is 2.55. The van der Waals surface area contributed by atoms with Crippen molar-refractivity contribution >= 4 is 5.97 Å². The lowest BCUT2D eigenvalue weighted by molar-refractivity contribution is -0.512. The number of carbonyl (C=O) groups is 1. The zero-order valence-corrected chi connectivity index (χ0v) is 14.4. The summed E-state index contributed by atoms with van der Waals surface area (Å²) in [5.41, 5.74) is 8.24. The number of fused-ring (bicyclic) bond motifs is 1. The molecule has 0 aromatic heterocycles. The number of nitrogens with zero attached hydrogens (tertiary/aromatic N) is 1. The van der Waals surface area contributed by atoms with Gasteiger partial charge in [0.15, 0.2) is 0 Å². The highest BCUT2D eigenvalue weighted by Crippen LogP contribution is 2.39. The van der Waals surface area contributed by atoms with E-state index in [4.69, 9.17) is 4.74 Å². The van der Waals surface area contributed by atoms with E-state index in [2.05, 4.69) is 10.6 Å². The number of esters is 1. The van der Waals surface area contributed by atoms with Gasteiger partial charge in [-0.1, -0.05) is 6.07 Å². The van der Waals surface area contributed by atoms with Crippen LogP contribution in [0.1, 0.15) is 58.8 Å². The lowest BCUT2D eigenvalue weighted by Crippen LogP contribution is -2.79. The summed E-state index contributed by atoms with van der Waals surface area (Å²) in [6.45, 7) is 5.06. The van der Waals surface area contributed by atoms with Crippen LogP contribution < -0.4 is 5.73 Å². The van der Waals surface area contributed by atoms with Crippen molar-refractivity contribution in [1.82, 2.24) is 4.90 Å². The number of aliphatic hydroxyl groups is 1. The number of hydrogen-bond acceptors (Lipinski definition) is 4. The van der Waals surface area contributed by atoms with E-state index in [0.29, 0.717) is 30.2 Å². The second-order valence-corrected chi connectivity index (χ2v) is 7.86. The van der Waals surface area contributed by atoms with Gasteiger partial charge in [0.2, 0.25) is 0 Å². The number of cyclic esters (lactones) is 1. The topological polar surface area (TPSA) is 77.4 Å². The predicted octanol–water partition coefficient (Wildman–Crippen LogP) is 1.19. The van der Waals surface area contributed by atoms with Gasteiger partial charge in [-0.05, 0) is 43.5 Å². The number of aliphatic hydroxyl groups excluding tert-OH is 1. The molecule has 4 rings (SSSR count). The molecule has 4 N–H and O–H groups in total. The number of rotatable bonds is 4. The molecular formula is C19H27N2O3+. The molecule has 2 fully saturated rings. The minimum absolute atomic E-state index is 0.252. The van der Waals surface area contributed by atoms with Crippen LogP contribution in [-0.2, 0) is 11.3 Å². The maximum absolute atomic E-state index is 11.6. The molecule has 1 saturated carbocycles. The molecule has 2 atom stereocenters. The Balaban J connectivity index is 1.44. The van der Waals surface area contributed by atoms with E-state index < -0.39 is 6.10 Å². The predicted molar refractivity (Wildman–Crippen MR) is 89.3 cm³/mol. The maximum atomic E-state index is 11.6. The van der Waals surface area contributed by atoms with Crippen LogP contribution in [0.4, 0.5) is 0 Å². The van der Waals surface area contributed by atoms with Gasteiger partial charge < -0.3 is 15.6 Å². The van der Waals surface area contributed by atoms with Gasteiger partial charge in [0, 0.05) is 37.4 Å². The van der Waals surface area contributed by atoms with Crippen LogP contribution in [0.3, 0.4) is 0 Å². The number of hydrogen-bond donors (Lipinski definition) is 2. The van der Waals surface area contributed by atoms with Gasteiger partial charge >= 0.3 is 5.97 Å². The molecule has 5 heteroatoms. The molecule has 1 aromatic carbocycles. The van der Waals surface area contributed by atoms with E-state index in [1.54, 1.807) is 6.07 Å². The van der Waals surface area contributed by atoms with Crippen molar-refractivity contribution in [2.45, 2.75) is 50.9 Å². The Kier molecular flexibility index (Phi) is 3.90. The third-order valence-electron chi connectivity index (χ3n) is 6.49. The van der Waals surface area contributed by atoms with E-state index in [-0.39, 0.29) is 5.97 Å². The molecule has 0 amide bonds. The highest BCUT2D eigenvalue weighted by atomic mass is 16.5. The largest absolute Gasteiger partial charge is 0.457 e. The van der Waals surface area contributed by atoms with Crippen molar-refractivity contribution in [2.24, 2.45) is 5.92 Å². The molecule has 0 spiro atoms. The van der Waals surface area contributed by atoms with Gasteiger partial charge in [0.25, 0.3) is 0 Å². The SMILES string of the molecule is Cc1c([C@@H](O)CN2CCC(C3([NH3+])CCC3)C2)ccc2c1COC2=O. The number of quaternary nitrogens is 1. The van der Waals surface area contributed by atoms with Crippen molar-refractivity contribution in [2.75, 3.05) is 19.6 Å². The van der Waals surface area contributed by atoms with E-state index in [1.807, 2.05) is 13.0 Å². The second-order valence-electron chi connectivity index (χ2n) is 7.86. The minimum atomic E-state index is -0.521. The standard InChI is InChI=1S/C19H26N2O3/c1-12-14(3-4-15-16(12)11-24-18(15)23)17(22)10-21-8-5-13(9-21)19(20)6-2-7-19/h3-4,13,17,22H,2,5-11,20H2,1H3/p+1/t13?,17-/m0/s1. The van der Waals surface area contributed by atoms with Gasteiger partial charge in [0.05, 0.1) is 17.2 Å². The first-order chi connectivity index (χ1) is 11.5. The van der Waals surface area contributed by atoms with Crippen LogP contribution in [0.5, 0.6) is 0 Å². The first-order valence-corrected chi connectivity index (χ1v) is 9.03. The summed E-state index contributed by atoms with van der Waals surface area (Å²) in [4.78, 5) is 14.0. The molecular weight excluding hydrogens is 304 g/mol. The average molecular weight is 331 g/mol. The summed E-state index contributed by atoms with van der Waals surface area (Å²) < 4.78 is 5.10. The fraction of sp³-hybridized carbons (Fsp3) is 0.632. The molecule has 24 heavy (non-hydrogen) atoms. The number of ether oxygens (including phenoxy) is 1. The van der Waals surface area contributed by atoms with Crippen molar-refractivity contribution in [3.8, 4) is 0 Å². The Morgan fingerprint density at radius 1 is 1.46 bits per heavy atom. The van der Waals surface area contributed by atoms with E-state index in [0.717, 1.165) is 29.8 Å². The monoisotopic (exact) mass is 331 g/mol.